The van der Waals surface area contributed by atoms with E-state index in [1.807, 2.05) is 18.2 Å². The summed E-state index contributed by atoms with van der Waals surface area (Å²) in [5.41, 5.74) is 5.19. The Morgan fingerprint density at radius 1 is 1.21 bits per heavy atom. The molecule has 0 spiro atoms. The van der Waals surface area contributed by atoms with Gasteiger partial charge in [-0.2, -0.15) is 0 Å². The first-order valence-corrected chi connectivity index (χ1v) is 13.1. The molecule has 3 aromatic rings. The average molecular weight is 468 g/mol. The summed E-state index contributed by atoms with van der Waals surface area (Å²) in [6.07, 6.45) is 3.53. The first kappa shape index (κ1) is 21.9. The molecule has 8 nitrogen and oxygen atoms in total. The molecule has 0 radical (unpaired) electrons. The second-order valence-electron chi connectivity index (χ2n) is 9.05. The van der Waals surface area contributed by atoms with Crippen LogP contribution < -0.4 is 15.4 Å². The maximum atomic E-state index is 11.7. The van der Waals surface area contributed by atoms with Gasteiger partial charge in [-0.25, -0.2) is 18.4 Å². The molecule has 174 valence electrons. The zero-order valence-corrected chi connectivity index (χ0v) is 19.8. The van der Waals surface area contributed by atoms with Gasteiger partial charge in [-0.05, 0) is 67.3 Å². The van der Waals surface area contributed by atoms with E-state index in [1.54, 1.807) is 13.3 Å². The molecule has 3 heterocycles. The van der Waals surface area contributed by atoms with Gasteiger partial charge in [-0.1, -0.05) is 0 Å². The Kier molecular flexibility index (Phi) is 5.84. The largest absolute Gasteiger partial charge is 0.495 e. The zero-order valence-electron chi connectivity index (χ0n) is 19.0. The average Bonchev–Trinajstić information content (AvgIpc) is 3.15. The number of methoxy groups -OCH3 is 1. The van der Waals surface area contributed by atoms with Crippen LogP contribution in [0.2, 0.25) is 0 Å². The lowest BCUT2D eigenvalue weighted by Gasteiger charge is -2.26. The molecular weight excluding hydrogens is 438 g/mol. The van der Waals surface area contributed by atoms with Crippen molar-refractivity contribution in [1.82, 2.24) is 14.9 Å². The fraction of sp³-hybridized carbons (Fsp3) is 0.417. The van der Waals surface area contributed by atoms with Crippen LogP contribution in [-0.2, 0) is 22.8 Å². The van der Waals surface area contributed by atoms with Gasteiger partial charge in [0.2, 0.25) is 5.95 Å². The minimum atomic E-state index is -2.87. The fourth-order valence-corrected chi connectivity index (χ4v) is 6.47. The van der Waals surface area contributed by atoms with Crippen molar-refractivity contribution < 1.29 is 13.2 Å². The third-order valence-electron chi connectivity index (χ3n) is 6.48. The Labute approximate surface area is 194 Å². The maximum Gasteiger partial charge on any atom is 0.227 e. The van der Waals surface area contributed by atoms with E-state index in [0.29, 0.717) is 18.2 Å². The standard InChI is InChI=1S/C24H29N5O3S/c1-29-7-5-17-10-23(32-2)22(9-19(17)14-29)28-24-26-13-18-3-4-20(11-21(18)27-24)25-12-16-6-8-33(30,31)15-16/h3-4,9-11,13,16,25H,5-8,12,14-15H2,1-2H3,(H,26,27,28)/t16-/m0/s1. The van der Waals surface area contributed by atoms with Crippen LogP contribution in [0.25, 0.3) is 10.9 Å². The molecule has 1 fully saturated rings. The molecule has 0 bridgehead atoms. The Hall–Kier alpha value is -2.91. The Bertz CT molecular complexity index is 1290. The molecule has 5 rings (SSSR count). The number of nitrogens with zero attached hydrogens (tertiary/aromatic N) is 3. The molecule has 1 atom stereocenters. The van der Waals surface area contributed by atoms with Crippen LogP contribution in [0.3, 0.4) is 0 Å². The summed E-state index contributed by atoms with van der Waals surface area (Å²) in [5, 5.41) is 7.64. The second-order valence-corrected chi connectivity index (χ2v) is 11.3. The second kappa shape index (κ2) is 8.79. The van der Waals surface area contributed by atoms with Crippen molar-refractivity contribution in [3.63, 3.8) is 0 Å². The fourth-order valence-electron chi connectivity index (χ4n) is 4.60. The third kappa shape index (κ3) is 4.89. The highest BCUT2D eigenvalue weighted by Gasteiger charge is 2.27. The number of hydrogen-bond donors (Lipinski definition) is 2. The topological polar surface area (TPSA) is 96.4 Å². The third-order valence-corrected chi connectivity index (χ3v) is 8.31. The number of sulfone groups is 1. The number of hydrogen-bond acceptors (Lipinski definition) is 8. The van der Waals surface area contributed by atoms with Gasteiger partial charge >= 0.3 is 0 Å². The molecule has 0 amide bonds. The van der Waals surface area contributed by atoms with Gasteiger partial charge in [0, 0.05) is 36.9 Å². The van der Waals surface area contributed by atoms with Crippen molar-refractivity contribution >= 4 is 38.1 Å². The predicted octanol–water partition coefficient (Wildman–Crippen LogP) is 3.22. The van der Waals surface area contributed by atoms with Crippen LogP contribution in [0.15, 0.2) is 36.5 Å². The van der Waals surface area contributed by atoms with E-state index >= 15 is 0 Å². The van der Waals surface area contributed by atoms with Crippen molar-refractivity contribution in [3.05, 3.63) is 47.7 Å². The number of aromatic nitrogens is 2. The van der Waals surface area contributed by atoms with Gasteiger partial charge in [0.05, 0.1) is 29.8 Å². The van der Waals surface area contributed by atoms with Gasteiger partial charge < -0.3 is 20.3 Å². The molecule has 2 aliphatic heterocycles. The van der Waals surface area contributed by atoms with Crippen molar-refractivity contribution in [2.75, 3.05) is 49.4 Å². The van der Waals surface area contributed by atoms with E-state index in [4.69, 9.17) is 9.72 Å². The van der Waals surface area contributed by atoms with E-state index < -0.39 is 9.84 Å². The van der Waals surface area contributed by atoms with Gasteiger partial charge in [0.1, 0.15) is 5.75 Å². The van der Waals surface area contributed by atoms with Gasteiger partial charge in [-0.15, -0.1) is 0 Å². The Morgan fingerprint density at radius 2 is 2.09 bits per heavy atom. The molecule has 0 aliphatic carbocycles. The number of likely N-dealkylation sites (N-methyl/N-ethyl adjacent to an activating group) is 1. The summed E-state index contributed by atoms with van der Waals surface area (Å²) in [5.74, 6) is 2.00. The van der Waals surface area contributed by atoms with Gasteiger partial charge in [0.15, 0.2) is 9.84 Å². The van der Waals surface area contributed by atoms with Crippen LogP contribution in [0.5, 0.6) is 5.75 Å². The van der Waals surface area contributed by atoms with E-state index in [-0.39, 0.29) is 11.7 Å². The Balaban J connectivity index is 1.35. The highest BCUT2D eigenvalue weighted by molar-refractivity contribution is 7.91. The zero-order chi connectivity index (χ0) is 23.0. The molecule has 1 saturated heterocycles. The summed E-state index contributed by atoms with van der Waals surface area (Å²) in [7, 11) is 0.940. The summed E-state index contributed by atoms with van der Waals surface area (Å²) in [6, 6.07) is 10.2. The van der Waals surface area contributed by atoms with E-state index in [1.165, 1.54) is 11.1 Å². The summed E-state index contributed by atoms with van der Waals surface area (Å²) in [6.45, 7) is 2.59. The lowest BCUT2D eigenvalue weighted by molar-refractivity contribution is 0.312. The number of rotatable bonds is 6. The highest BCUT2D eigenvalue weighted by Crippen LogP contribution is 2.33. The molecule has 2 N–H and O–H groups in total. The number of benzene rings is 2. The van der Waals surface area contributed by atoms with Crippen LogP contribution in [0.4, 0.5) is 17.3 Å². The van der Waals surface area contributed by atoms with Gasteiger partial charge in [-0.3, -0.25) is 0 Å². The normalized spacial score (nSPS) is 19.9. The van der Waals surface area contributed by atoms with Crippen molar-refractivity contribution in [1.29, 1.82) is 0 Å². The number of fused-ring (bicyclic) bond motifs is 2. The first-order valence-electron chi connectivity index (χ1n) is 11.2. The number of nitrogens with one attached hydrogen (secondary N) is 2. The molecule has 0 saturated carbocycles. The van der Waals surface area contributed by atoms with Crippen LogP contribution in [0.1, 0.15) is 17.5 Å². The minimum Gasteiger partial charge on any atom is -0.495 e. The maximum absolute atomic E-state index is 11.7. The number of ether oxygens (including phenoxy) is 1. The molecule has 1 aromatic heterocycles. The summed E-state index contributed by atoms with van der Waals surface area (Å²) in [4.78, 5) is 11.5. The molecule has 2 aromatic carbocycles. The SMILES string of the molecule is COc1cc2c(cc1Nc1ncc3ccc(NC[C@@H]4CCS(=O)(=O)C4)cc3n1)CN(C)CC2. The monoisotopic (exact) mass is 467 g/mol. The van der Waals surface area contributed by atoms with E-state index in [2.05, 4.69) is 39.7 Å². The van der Waals surface area contributed by atoms with Crippen LogP contribution in [0, 0.1) is 5.92 Å². The predicted molar refractivity (Wildman–Crippen MR) is 131 cm³/mol. The van der Waals surface area contributed by atoms with Crippen molar-refractivity contribution in [2.45, 2.75) is 19.4 Å². The summed E-state index contributed by atoms with van der Waals surface area (Å²) < 4.78 is 29.0. The smallest absolute Gasteiger partial charge is 0.227 e. The van der Waals surface area contributed by atoms with Crippen molar-refractivity contribution in [3.8, 4) is 5.75 Å². The summed E-state index contributed by atoms with van der Waals surface area (Å²) >= 11 is 0. The van der Waals surface area contributed by atoms with Crippen LogP contribution >= 0.6 is 0 Å². The van der Waals surface area contributed by atoms with Crippen molar-refractivity contribution in [2.24, 2.45) is 5.92 Å². The highest BCUT2D eigenvalue weighted by atomic mass is 32.2. The number of anilines is 3. The Morgan fingerprint density at radius 3 is 2.88 bits per heavy atom. The molecule has 2 aliphatic rings. The lowest BCUT2D eigenvalue weighted by atomic mass is 9.99. The quantitative estimate of drug-likeness (QED) is 0.571. The van der Waals surface area contributed by atoms with E-state index in [9.17, 15) is 8.42 Å². The van der Waals surface area contributed by atoms with E-state index in [0.717, 1.165) is 54.0 Å². The van der Waals surface area contributed by atoms with Gasteiger partial charge in [0.25, 0.3) is 0 Å². The molecule has 9 heteroatoms. The first-order chi connectivity index (χ1) is 15.9. The molecular formula is C24H29N5O3S. The molecule has 0 unspecified atom stereocenters. The minimum absolute atomic E-state index is 0.156. The molecule has 33 heavy (non-hydrogen) atoms. The van der Waals surface area contributed by atoms with Crippen LogP contribution in [-0.4, -0.2) is 62.0 Å². The lowest BCUT2D eigenvalue weighted by Crippen LogP contribution is -2.26.